The maximum atomic E-state index is 12.5. The molecular formula is C22H14ClN3O3. The van der Waals surface area contributed by atoms with Crippen LogP contribution in [0.15, 0.2) is 66.7 Å². The van der Waals surface area contributed by atoms with Crippen LogP contribution in [-0.4, -0.2) is 22.7 Å². The van der Waals surface area contributed by atoms with Gasteiger partial charge in [-0.1, -0.05) is 35.9 Å². The van der Waals surface area contributed by atoms with Crippen LogP contribution in [-0.2, 0) is 0 Å². The number of carbonyl (C=O) groups is 2. The third-order valence-electron chi connectivity index (χ3n) is 4.18. The largest absolute Gasteiger partial charge is 0.478 e. The maximum Gasteiger partial charge on any atom is 0.337 e. The van der Waals surface area contributed by atoms with Crippen molar-refractivity contribution in [1.82, 2.24) is 0 Å². The molecule has 0 spiro atoms. The zero-order valence-corrected chi connectivity index (χ0v) is 15.7. The molecule has 0 aliphatic heterocycles. The van der Waals surface area contributed by atoms with Gasteiger partial charge >= 0.3 is 5.97 Å². The summed E-state index contributed by atoms with van der Waals surface area (Å²) >= 11 is 5.82. The van der Waals surface area contributed by atoms with Crippen LogP contribution in [0.2, 0.25) is 5.02 Å². The third-order valence-corrected chi connectivity index (χ3v) is 4.41. The summed E-state index contributed by atoms with van der Waals surface area (Å²) in [5.74, 6) is -1.69. The Labute approximate surface area is 171 Å². The average Bonchev–Trinajstić information content (AvgIpc) is 2.74. The number of anilines is 1. The van der Waals surface area contributed by atoms with Gasteiger partial charge in [0.2, 0.25) is 0 Å². The fourth-order valence-electron chi connectivity index (χ4n) is 2.70. The number of halogens is 1. The number of carbonyl (C=O) groups excluding carboxylic acids is 1. The first-order valence-corrected chi connectivity index (χ1v) is 8.80. The van der Waals surface area contributed by atoms with E-state index in [9.17, 15) is 14.7 Å². The van der Waals surface area contributed by atoms with Crippen molar-refractivity contribution in [2.75, 3.05) is 5.32 Å². The molecule has 142 valence electrons. The summed E-state index contributed by atoms with van der Waals surface area (Å²) < 4.78 is 0. The van der Waals surface area contributed by atoms with Crippen LogP contribution in [0.5, 0.6) is 0 Å². The van der Waals surface area contributed by atoms with Gasteiger partial charge in [0.25, 0.3) is 5.91 Å². The lowest BCUT2D eigenvalue weighted by Crippen LogP contribution is -2.15. The second kappa shape index (κ2) is 8.38. The van der Waals surface area contributed by atoms with Crippen LogP contribution in [0.3, 0.4) is 0 Å². The summed E-state index contributed by atoms with van der Waals surface area (Å²) in [5.41, 5.74) is 2.18. The first-order valence-electron chi connectivity index (χ1n) is 8.43. The molecule has 0 aliphatic carbocycles. The molecule has 3 aromatic carbocycles. The van der Waals surface area contributed by atoms with Gasteiger partial charge in [-0.25, -0.2) is 4.79 Å². The summed E-state index contributed by atoms with van der Waals surface area (Å²) in [7, 11) is 0. The Bertz CT molecular complexity index is 1160. The lowest BCUT2D eigenvalue weighted by atomic mass is 9.99. The summed E-state index contributed by atoms with van der Waals surface area (Å²) in [6, 6.07) is 19.3. The number of hydrogen-bond donors (Lipinski definition) is 3. The van der Waals surface area contributed by atoms with E-state index in [0.717, 1.165) is 0 Å². The normalized spacial score (nSPS) is 10.1. The van der Waals surface area contributed by atoms with Crippen molar-refractivity contribution in [2.24, 2.45) is 0 Å². The molecule has 0 fully saturated rings. The number of nitrogens with zero attached hydrogens (tertiary/aromatic N) is 1. The fraction of sp³-hybridized carbons (Fsp3) is 0. The Balaban J connectivity index is 1.80. The predicted molar refractivity (Wildman–Crippen MR) is 110 cm³/mol. The van der Waals surface area contributed by atoms with Crippen LogP contribution in [0.25, 0.3) is 0 Å². The number of aromatic carboxylic acids is 1. The van der Waals surface area contributed by atoms with Crippen molar-refractivity contribution in [2.45, 2.75) is 0 Å². The first-order chi connectivity index (χ1) is 13.9. The van der Waals surface area contributed by atoms with Crippen LogP contribution >= 0.6 is 11.6 Å². The van der Waals surface area contributed by atoms with Gasteiger partial charge in [-0.2, -0.15) is 5.26 Å². The van der Waals surface area contributed by atoms with Crippen molar-refractivity contribution in [1.29, 1.82) is 10.7 Å². The Kier molecular flexibility index (Phi) is 5.72. The van der Waals surface area contributed by atoms with Crippen LogP contribution in [0.1, 0.15) is 37.4 Å². The molecule has 0 atom stereocenters. The number of benzene rings is 3. The molecule has 0 aliphatic rings. The monoisotopic (exact) mass is 403 g/mol. The van der Waals surface area contributed by atoms with Gasteiger partial charge in [0.15, 0.2) is 0 Å². The molecule has 3 rings (SSSR count). The number of hydrogen-bond acceptors (Lipinski definition) is 4. The molecule has 1 amide bonds. The molecule has 0 saturated heterocycles. The third kappa shape index (κ3) is 4.49. The number of amides is 1. The summed E-state index contributed by atoms with van der Waals surface area (Å²) in [5, 5.41) is 29.4. The fourth-order valence-corrected chi connectivity index (χ4v) is 2.87. The van der Waals surface area contributed by atoms with E-state index >= 15 is 0 Å². The smallest absolute Gasteiger partial charge is 0.337 e. The lowest BCUT2D eigenvalue weighted by molar-refractivity contribution is 0.0698. The minimum absolute atomic E-state index is 0.110. The molecule has 0 bridgehead atoms. The van der Waals surface area contributed by atoms with E-state index in [1.54, 1.807) is 48.5 Å². The second-order valence-electron chi connectivity index (χ2n) is 6.09. The van der Waals surface area contributed by atoms with E-state index in [1.807, 2.05) is 6.07 Å². The number of nitriles is 1. The van der Waals surface area contributed by atoms with Crippen molar-refractivity contribution in [3.8, 4) is 6.07 Å². The number of carboxylic acids is 1. The van der Waals surface area contributed by atoms with E-state index in [0.29, 0.717) is 22.3 Å². The highest BCUT2D eigenvalue weighted by molar-refractivity contribution is 6.31. The van der Waals surface area contributed by atoms with Crippen molar-refractivity contribution < 1.29 is 14.7 Å². The Morgan fingerprint density at radius 2 is 1.66 bits per heavy atom. The highest BCUT2D eigenvalue weighted by Crippen LogP contribution is 2.22. The molecule has 3 aromatic rings. The first kappa shape index (κ1) is 19.8. The Hall–Kier alpha value is -3.95. The molecular weight excluding hydrogens is 390 g/mol. The standard InChI is InChI=1S/C22H14ClN3O3/c23-17-8-9-19(18(11-17)22(28)29)26-21(27)15-6-4-14(5-7-15)20(25)16-3-1-2-13(10-16)12-24/h1-11,25H,(H,26,27)(H,28,29). The van der Waals surface area contributed by atoms with E-state index < -0.39 is 11.9 Å². The maximum absolute atomic E-state index is 12.5. The number of nitrogens with one attached hydrogen (secondary N) is 2. The molecule has 0 radical (unpaired) electrons. The van der Waals surface area contributed by atoms with Gasteiger partial charge in [0.1, 0.15) is 0 Å². The topological polar surface area (TPSA) is 114 Å². The minimum atomic E-state index is -1.20. The molecule has 6 nitrogen and oxygen atoms in total. The molecule has 0 heterocycles. The Morgan fingerprint density at radius 3 is 2.31 bits per heavy atom. The zero-order chi connectivity index (χ0) is 21.0. The molecule has 29 heavy (non-hydrogen) atoms. The molecule has 3 N–H and O–H groups in total. The molecule has 0 saturated carbocycles. The van der Waals surface area contributed by atoms with Gasteiger partial charge in [-0.15, -0.1) is 0 Å². The van der Waals surface area contributed by atoms with E-state index in [-0.39, 0.29) is 22.0 Å². The van der Waals surface area contributed by atoms with Crippen molar-refractivity contribution >= 4 is 34.9 Å². The van der Waals surface area contributed by atoms with Crippen LogP contribution < -0.4 is 5.32 Å². The Morgan fingerprint density at radius 1 is 0.966 bits per heavy atom. The van der Waals surface area contributed by atoms with Gasteiger partial charge in [-0.3, -0.25) is 10.2 Å². The van der Waals surface area contributed by atoms with Crippen molar-refractivity contribution in [3.63, 3.8) is 0 Å². The number of carboxylic acid groups (broad SMARTS) is 1. The van der Waals surface area contributed by atoms with Gasteiger partial charge in [0.05, 0.1) is 28.6 Å². The van der Waals surface area contributed by atoms with E-state index in [2.05, 4.69) is 5.32 Å². The summed E-state index contributed by atoms with van der Waals surface area (Å²) in [6.07, 6.45) is 0. The van der Waals surface area contributed by atoms with Gasteiger partial charge < -0.3 is 10.4 Å². The van der Waals surface area contributed by atoms with E-state index in [1.165, 1.54) is 18.2 Å². The van der Waals surface area contributed by atoms with Crippen LogP contribution in [0, 0.1) is 16.7 Å². The minimum Gasteiger partial charge on any atom is -0.478 e. The van der Waals surface area contributed by atoms with Crippen molar-refractivity contribution in [3.05, 3.63) is 99.6 Å². The lowest BCUT2D eigenvalue weighted by Gasteiger charge is -2.10. The highest BCUT2D eigenvalue weighted by atomic mass is 35.5. The quantitative estimate of drug-likeness (QED) is 0.541. The molecule has 7 heteroatoms. The molecule has 0 aromatic heterocycles. The molecule has 0 unspecified atom stereocenters. The highest BCUT2D eigenvalue weighted by Gasteiger charge is 2.15. The second-order valence-corrected chi connectivity index (χ2v) is 6.53. The van der Waals surface area contributed by atoms with Gasteiger partial charge in [-0.05, 0) is 42.5 Å². The average molecular weight is 404 g/mol. The van der Waals surface area contributed by atoms with Crippen LogP contribution in [0.4, 0.5) is 5.69 Å². The zero-order valence-electron chi connectivity index (χ0n) is 14.9. The predicted octanol–water partition coefficient (Wildman–Crippen LogP) is 4.58. The SMILES string of the molecule is N#Cc1cccc(C(=N)c2ccc(C(=O)Nc3ccc(Cl)cc3C(=O)O)cc2)c1. The summed E-state index contributed by atoms with van der Waals surface area (Å²) in [6.45, 7) is 0. The number of rotatable bonds is 5. The van der Waals surface area contributed by atoms with E-state index in [4.69, 9.17) is 22.3 Å². The summed E-state index contributed by atoms with van der Waals surface area (Å²) in [4.78, 5) is 23.8. The van der Waals surface area contributed by atoms with Gasteiger partial charge in [0, 0.05) is 21.7 Å².